The molecule has 0 fully saturated rings. The third-order valence-corrected chi connectivity index (χ3v) is 3.14. The van der Waals surface area contributed by atoms with Crippen LogP contribution in [0.3, 0.4) is 0 Å². The smallest absolute Gasteiger partial charge is 0.411 e. The Hall–Kier alpha value is -2.03. The van der Waals surface area contributed by atoms with Gasteiger partial charge in [0.2, 0.25) is 0 Å². The molecule has 0 heterocycles. The molecule has 9 nitrogen and oxygen atoms in total. The summed E-state index contributed by atoms with van der Waals surface area (Å²) < 4.78 is 15.2. The SMILES string of the molecule is COC(=O)[C@@H](CCCNC(=O)OC(C)(C)C)N(CCO)C(=O)OC(C)(C)C. The van der Waals surface area contributed by atoms with Crippen molar-refractivity contribution in [2.75, 3.05) is 26.8 Å². The van der Waals surface area contributed by atoms with Crippen molar-refractivity contribution in [1.29, 1.82) is 0 Å². The lowest BCUT2D eigenvalue weighted by atomic mass is 10.1. The lowest BCUT2D eigenvalue weighted by Crippen LogP contribution is -2.49. The van der Waals surface area contributed by atoms with Gasteiger partial charge < -0.3 is 24.6 Å². The van der Waals surface area contributed by atoms with Crippen LogP contribution in [0.2, 0.25) is 0 Å². The number of amides is 2. The van der Waals surface area contributed by atoms with Gasteiger partial charge in [0.05, 0.1) is 13.7 Å². The van der Waals surface area contributed by atoms with Crippen LogP contribution in [0.4, 0.5) is 9.59 Å². The standard InChI is InChI=1S/C18H34N2O7/c1-17(2,3)26-15(23)19-10-8-9-13(14(22)25-7)20(11-12-21)16(24)27-18(4,5)6/h13,21H,8-12H2,1-7H3,(H,19,23)/t13-/m1/s1. The van der Waals surface area contributed by atoms with E-state index in [-0.39, 0.29) is 26.1 Å². The number of ether oxygens (including phenoxy) is 3. The predicted octanol–water partition coefficient (Wildman–Crippen LogP) is 2.06. The normalized spacial score (nSPS) is 12.7. The number of aliphatic hydroxyl groups is 1. The second kappa shape index (κ2) is 11.0. The molecular formula is C18H34N2O7. The topological polar surface area (TPSA) is 114 Å². The number of hydrogen-bond acceptors (Lipinski definition) is 7. The van der Waals surface area contributed by atoms with Crippen molar-refractivity contribution in [3.8, 4) is 0 Å². The summed E-state index contributed by atoms with van der Waals surface area (Å²) >= 11 is 0. The first-order valence-electron chi connectivity index (χ1n) is 8.96. The molecule has 0 spiro atoms. The van der Waals surface area contributed by atoms with Crippen molar-refractivity contribution in [1.82, 2.24) is 10.2 Å². The summed E-state index contributed by atoms with van der Waals surface area (Å²) in [5, 5.41) is 11.9. The van der Waals surface area contributed by atoms with Gasteiger partial charge in [0.25, 0.3) is 0 Å². The van der Waals surface area contributed by atoms with Crippen LogP contribution in [0.5, 0.6) is 0 Å². The largest absolute Gasteiger partial charge is 0.467 e. The summed E-state index contributed by atoms with van der Waals surface area (Å²) in [6, 6.07) is -0.933. The Bertz CT molecular complexity index is 495. The molecule has 0 bridgehead atoms. The van der Waals surface area contributed by atoms with Crippen LogP contribution in [-0.4, -0.2) is 72.2 Å². The van der Waals surface area contributed by atoms with E-state index in [1.54, 1.807) is 41.5 Å². The zero-order valence-corrected chi connectivity index (χ0v) is 17.5. The van der Waals surface area contributed by atoms with Gasteiger partial charge in [-0.15, -0.1) is 0 Å². The summed E-state index contributed by atoms with van der Waals surface area (Å²) in [6.45, 7) is 10.2. The number of esters is 1. The first kappa shape index (κ1) is 25.0. The van der Waals surface area contributed by atoms with Crippen LogP contribution in [0.15, 0.2) is 0 Å². The number of nitrogens with one attached hydrogen (secondary N) is 1. The number of nitrogens with zero attached hydrogens (tertiary/aromatic N) is 1. The molecule has 0 unspecified atom stereocenters. The van der Waals surface area contributed by atoms with Gasteiger partial charge in [0.1, 0.15) is 17.2 Å². The second-order valence-corrected chi connectivity index (χ2v) is 8.01. The van der Waals surface area contributed by atoms with Gasteiger partial charge in [-0.05, 0) is 54.4 Å². The Morgan fingerprint density at radius 2 is 1.59 bits per heavy atom. The molecule has 0 radical (unpaired) electrons. The maximum Gasteiger partial charge on any atom is 0.411 e. The summed E-state index contributed by atoms with van der Waals surface area (Å²) in [7, 11) is 1.22. The van der Waals surface area contributed by atoms with Gasteiger partial charge in [0, 0.05) is 13.1 Å². The lowest BCUT2D eigenvalue weighted by molar-refractivity contribution is -0.147. The molecule has 9 heteroatoms. The Morgan fingerprint density at radius 3 is 2.04 bits per heavy atom. The highest BCUT2D eigenvalue weighted by atomic mass is 16.6. The molecule has 2 N–H and O–H groups in total. The molecule has 158 valence electrons. The van der Waals surface area contributed by atoms with E-state index in [0.29, 0.717) is 6.42 Å². The van der Waals surface area contributed by atoms with E-state index in [2.05, 4.69) is 5.32 Å². The maximum atomic E-state index is 12.4. The molecule has 0 saturated heterocycles. The quantitative estimate of drug-likeness (QED) is 0.370. The van der Waals surface area contributed by atoms with Gasteiger partial charge in [-0.25, -0.2) is 14.4 Å². The minimum Gasteiger partial charge on any atom is -0.467 e. The van der Waals surface area contributed by atoms with Crippen LogP contribution in [0.25, 0.3) is 0 Å². The van der Waals surface area contributed by atoms with Crippen molar-refractivity contribution < 1.29 is 33.7 Å². The van der Waals surface area contributed by atoms with Crippen molar-refractivity contribution in [3.05, 3.63) is 0 Å². The highest BCUT2D eigenvalue weighted by Crippen LogP contribution is 2.15. The fourth-order valence-electron chi connectivity index (χ4n) is 2.14. The fraction of sp³-hybridized carbons (Fsp3) is 0.833. The number of carbonyl (C=O) groups excluding carboxylic acids is 3. The van der Waals surface area contributed by atoms with Gasteiger partial charge in [-0.1, -0.05) is 0 Å². The third-order valence-electron chi connectivity index (χ3n) is 3.14. The third kappa shape index (κ3) is 11.3. The minimum atomic E-state index is -0.933. The molecule has 2 amide bonds. The molecule has 0 aromatic heterocycles. The lowest BCUT2D eigenvalue weighted by Gasteiger charge is -2.31. The van der Waals surface area contributed by atoms with E-state index >= 15 is 0 Å². The molecule has 0 aliphatic rings. The van der Waals surface area contributed by atoms with Crippen molar-refractivity contribution in [2.24, 2.45) is 0 Å². The molecule has 0 aliphatic carbocycles. The number of aliphatic hydroxyl groups excluding tert-OH is 1. The summed E-state index contributed by atoms with van der Waals surface area (Å²) in [5.74, 6) is -0.619. The second-order valence-electron chi connectivity index (χ2n) is 8.01. The van der Waals surface area contributed by atoms with Crippen molar-refractivity contribution >= 4 is 18.2 Å². The Balaban J connectivity index is 4.90. The van der Waals surface area contributed by atoms with E-state index in [1.165, 1.54) is 7.11 Å². The molecule has 0 aromatic carbocycles. The summed E-state index contributed by atoms with van der Waals surface area (Å²) in [6.07, 6.45) is -0.658. The van der Waals surface area contributed by atoms with Gasteiger partial charge in [0.15, 0.2) is 0 Å². The van der Waals surface area contributed by atoms with Crippen LogP contribution in [0.1, 0.15) is 54.4 Å². The van der Waals surface area contributed by atoms with E-state index in [1.807, 2.05) is 0 Å². The first-order chi connectivity index (χ1) is 12.3. The number of methoxy groups -OCH3 is 1. The van der Waals surface area contributed by atoms with Crippen molar-refractivity contribution in [2.45, 2.75) is 71.6 Å². The fourth-order valence-corrected chi connectivity index (χ4v) is 2.14. The number of rotatable bonds is 8. The molecule has 1 atom stereocenters. The zero-order valence-electron chi connectivity index (χ0n) is 17.5. The number of alkyl carbamates (subject to hydrolysis) is 1. The highest BCUT2D eigenvalue weighted by Gasteiger charge is 2.33. The maximum absolute atomic E-state index is 12.4. The average molecular weight is 390 g/mol. The molecule has 0 aromatic rings. The molecule has 27 heavy (non-hydrogen) atoms. The Kier molecular flexibility index (Phi) is 10.1. The molecule has 0 saturated carbocycles. The highest BCUT2D eigenvalue weighted by molar-refractivity contribution is 5.81. The van der Waals surface area contributed by atoms with Gasteiger partial charge >= 0.3 is 18.2 Å². The van der Waals surface area contributed by atoms with E-state index in [0.717, 1.165) is 4.90 Å². The monoisotopic (exact) mass is 390 g/mol. The number of hydrogen-bond donors (Lipinski definition) is 2. The molecule has 0 rings (SSSR count). The minimum absolute atomic E-state index is 0.0752. The van der Waals surface area contributed by atoms with Crippen LogP contribution < -0.4 is 5.32 Å². The zero-order chi connectivity index (χ0) is 21.3. The number of carbonyl (C=O) groups is 3. The van der Waals surface area contributed by atoms with E-state index < -0.39 is 35.4 Å². The van der Waals surface area contributed by atoms with Crippen LogP contribution in [-0.2, 0) is 19.0 Å². The molecular weight excluding hydrogens is 356 g/mol. The summed E-state index contributed by atoms with van der Waals surface area (Å²) in [5.41, 5.74) is -1.35. The van der Waals surface area contributed by atoms with Crippen LogP contribution in [0, 0.1) is 0 Å². The van der Waals surface area contributed by atoms with Crippen LogP contribution >= 0.6 is 0 Å². The Labute approximate surface area is 161 Å². The average Bonchev–Trinajstić information content (AvgIpc) is 2.49. The van der Waals surface area contributed by atoms with E-state index in [9.17, 15) is 19.5 Å². The van der Waals surface area contributed by atoms with E-state index in [4.69, 9.17) is 14.2 Å². The predicted molar refractivity (Wildman–Crippen MR) is 99.3 cm³/mol. The Morgan fingerprint density at radius 1 is 1.04 bits per heavy atom. The van der Waals surface area contributed by atoms with Gasteiger partial charge in [-0.2, -0.15) is 0 Å². The van der Waals surface area contributed by atoms with Crippen molar-refractivity contribution in [3.63, 3.8) is 0 Å². The molecule has 0 aliphatic heterocycles. The first-order valence-corrected chi connectivity index (χ1v) is 8.96. The summed E-state index contributed by atoms with van der Waals surface area (Å²) in [4.78, 5) is 37.3. The van der Waals surface area contributed by atoms with Gasteiger partial charge in [-0.3, -0.25) is 4.90 Å².